The molecular weight excluding hydrogens is 565 g/mol. The van der Waals surface area contributed by atoms with Crippen molar-refractivity contribution in [2.75, 3.05) is 6.61 Å². The Kier molecular flexibility index (Phi) is 12.0. The van der Waals surface area contributed by atoms with Crippen molar-refractivity contribution in [2.45, 2.75) is 96.8 Å². The van der Waals surface area contributed by atoms with E-state index in [0.29, 0.717) is 17.7 Å². The summed E-state index contributed by atoms with van der Waals surface area (Å²) >= 11 is 0. The zero-order valence-corrected chi connectivity index (χ0v) is 26.9. The van der Waals surface area contributed by atoms with Crippen LogP contribution in [0.4, 0.5) is 13.2 Å². The first-order valence-corrected chi connectivity index (χ1v) is 17.3. The summed E-state index contributed by atoms with van der Waals surface area (Å²) in [6.45, 7) is 6.40. The zero-order chi connectivity index (χ0) is 31.6. The van der Waals surface area contributed by atoms with Crippen LogP contribution in [0.2, 0.25) is 0 Å². The summed E-state index contributed by atoms with van der Waals surface area (Å²) in [7, 11) is 0. The molecule has 2 aliphatic rings. The van der Waals surface area contributed by atoms with Crippen LogP contribution in [0.15, 0.2) is 73.3 Å². The molecule has 0 saturated heterocycles. The highest BCUT2D eigenvalue weighted by molar-refractivity contribution is 5.74. The second-order valence-electron chi connectivity index (χ2n) is 13.2. The van der Waals surface area contributed by atoms with E-state index in [9.17, 15) is 8.78 Å². The highest BCUT2D eigenvalue weighted by atomic mass is 19.2. The van der Waals surface area contributed by atoms with Gasteiger partial charge in [0, 0.05) is 11.1 Å². The first-order valence-electron chi connectivity index (χ1n) is 17.3. The van der Waals surface area contributed by atoms with E-state index in [1.54, 1.807) is 24.3 Å². The number of hydrogen-bond acceptors (Lipinski definition) is 1. The molecule has 0 bridgehead atoms. The molecule has 4 heteroatoms. The summed E-state index contributed by atoms with van der Waals surface area (Å²) < 4.78 is 50.7. The van der Waals surface area contributed by atoms with E-state index in [2.05, 4.69) is 19.6 Å². The number of rotatable bonds is 14. The van der Waals surface area contributed by atoms with E-state index in [4.69, 9.17) is 4.74 Å². The van der Waals surface area contributed by atoms with E-state index >= 15 is 4.39 Å². The second kappa shape index (κ2) is 16.3. The number of ether oxygens (including phenoxy) is 1. The lowest BCUT2D eigenvalue weighted by atomic mass is 9.70. The lowest BCUT2D eigenvalue weighted by molar-refractivity contribution is 0.190. The van der Waals surface area contributed by atoms with Gasteiger partial charge in [-0.15, -0.1) is 6.58 Å². The Hall–Kier alpha value is -3.27. The molecule has 0 heterocycles. The van der Waals surface area contributed by atoms with Crippen molar-refractivity contribution in [2.24, 2.45) is 17.8 Å². The maximum atomic E-state index is 15.4. The summed E-state index contributed by atoms with van der Waals surface area (Å²) in [5.41, 5.74) is 4.15. The number of hydrogen-bond donors (Lipinski definition) is 0. The molecule has 0 aliphatic heterocycles. The maximum Gasteiger partial charge on any atom is 0.201 e. The summed E-state index contributed by atoms with van der Waals surface area (Å²) in [6.07, 6.45) is 20.5. The SMILES string of the molecule is C=CCCC1CCC(C2CC=C(c3ccc(-c4ccc(-c5ccc(OCCCCCCC)c(F)c5F)cc4)cc3F)CC2)CC1. The molecular formula is C41H49F3O. The van der Waals surface area contributed by atoms with E-state index in [-0.39, 0.29) is 17.1 Å². The molecule has 0 radical (unpaired) electrons. The molecule has 5 rings (SSSR count). The largest absolute Gasteiger partial charge is 0.490 e. The lowest BCUT2D eigenvalue weighted by Gasteiger charge is -2.35. The van der Waals surface area contributed by atoms with E-state index < -0.39 is 11.6 Å². The molecule has 0 amide bonds. The number of unbranched alkanes of at least 4 members (excludes halogenated alkanes) is 4. The van der Waals surface area contributed by atoms with Gasteiger partial charge in [-0.3, -0.25) is 0 Å². The third-order valence-corrected chi connectivity index (χ3v) is 10.2. The smallest absolute Gasteiger partial charge is 0.201 e. The highest BCUT2D eigenvalue weighted by Gasteiger charge is 2.29. The topological polar surface area (TPSA) is 9.23 Å². The fraction of sp³-hybridized carbons (Fsp3) is 0.463. The van der Waals surface area contributed by atoms with Gasteiger partial charge in [-0.1, -0.05) is 94.0 Å². The summed E-state index contributed by atoms with van der Waals surface area (Å²) in [5.74, 6) is 0.251. The number of benzene rings is 3. The third-order valence-electron chi connectivity index (χ3n) is 10.2. The second-order valence-corrected chi connectivity index (χ2v) is 13.2. The number of allylic oxidation sites excluding steroid dienone is 3. The van der Waals surface area contributed by atoms with Crippen molar-refractivity contribution >= 4 is 5.57 Å². The van der Waals surface area contributed by atoms with Crippen molar-refractivity contribution in [1.29, 1.82) is 0 Å². The third kappa shape index (κ3) is 8.51. The van der Waals surface area contributed by atoms with Crippen molar-refractivity contribution in [3.63, 3.8) is 0 Å². The van der Waals surface area contributed by atoms with E-state index in [0.717, 1.165) is 85.8 Å². The molecule has 3 aromatic rings. The standard InChI is InChI=1S/C41H49F3O/c1-3-5-7-8-9-27-45-39-26-25-37(40(43)41(39)44)34-21-17-32(18-22-34)35-23-24-36(38(42)28-35)33-19-15-31(16-20-33)30-13-11-29(12-14-30)10-6-4-2/h4,17-19,21-26,28-31H,2-3,5-16,20,27H2,1H3. The fourth-order valence-electron chi connectivity index (χ4n) is 7.38. The van der Waals surface area contributed by atoms with Crippen LogP contribution in [0.3, 0.4) is 0 Å². The average molecular weight is 615 g/mol. The Morgan fingerprint density at radius 3 is 2.16 bits per heavy atom. The van der Waals surface area contributed by atoms with Gasteiger partial charge in [-0.2, -0.15) is 4.39 Å². The Morgan fingerprint density at radius 2 is 1.47 bits per heavy atom. The quantitative estimate of drug-likeness (QED) is 0.130. The average Bonchev–Trinajstić information content (AvgIpc) is 3.07. The minimum absolute atomic E-state index is 0.0513. The van der Waals surface area contributed by atoms with E-state index in [1.165, 1.54) is 44.6 Å². The predicted octanol–water partition coefficient (Wildman–Crippen LogP) is 12.7. The minimum atomic E-state index is -0.960. The van der Waals surface area contributed by atoms with Crippen molar-refractivity contribution in [3.8, 4) is 28.0 Å². The molecule has 2 aliphatic carbocycles. The van der Waals surface area contributed by atoms with Crippen molar-refractivity contribution in [1.82, 2.24) is 0 Å². The van der Waals surface area contributed by atoms with Crippen LogP contribution in [-0.2, 0) is 0 Å². The molecule has 0 N–H and O–H groups in total. The molecule has 1 fully saturated rings. The van der Waals surface area contributed by atoms with Crippen LogP contribution in [0.25, 0.3) is 27.8 Å². The fourth-order valence-corrected chi connectivity index (χ4v) is 7.38. The monoisotopic (exact) mass is 614 g/mol. The Balaban J connectivity index is 1.18. The zero-order valence-electron chi connectivity index (χ0n) is 26.9. The summed E-state index contributed by atoms with van der Waals surface area (Å²) in [5, 5.41) is 0. The Labute approximate surface area is 268 Å². The molecule has 240 valence electrons. The molecule has 1 saturated carbocycles. The predicted molar refractivity (Wildman–Crippen MR) is 182 cm³/mol. The Bertz CT molecular complexity index is 1430. The molecule has 0 aromatic heterocycles. The van der Waals surface area contributed by atoms with Gasteiger partial charge in [-0.05, 0) is 110 Å². The van der Waals surface area contributed by atoms with Gasteiger partial charge < -0.3 is 4.74 Å². The van der Waals surface area contributed by atoms with Gasteiger partial charge in [0.05, 0.1) is 6.61 Å². The normalized spacial score (nSPS) is 20.1. The summed E-state index contributed by atoms with van der Waals surface area (Å²) in [6, 6.07) is 15.7. The first kappa shape index (κ1) is 33.1. The van der Waals surface area contributed by atoms with Gasteiger partial charge in [0.25, 0.3) is 0 Å². The molecule has 1 unspecified atom stereocenters. The van der Waals surface area contributed by atoms with Crippen molar-refractivity contribution in [3.05, 3.63) is 96.3 Å². The molecule has 1 atom stereocenters. The van der Waals surface area contributed by atoms with Gasteiger partial charge >= 0.3 is 0 Å². The van der Waals surface area contributed by atoms with Crippen molar-refractivity contribution < 1.29 is 17.9 Å². The molecule has 45 heavy (non-hydrogen) atoms. The molecule has 3 aromatic carbocycles. The molecule has 0 spiro atoms. The van der Waals surface area contributed by atoms with Gasteiger partial charge in [-0.25, -0.2) is 8.78 Å². The van der Waals surface area contributed by atoms with Gasteiger partial charge in [0.1, 0.15) is 5.82 Å². The van der Waals surface area contributed by atoms with Crippen LogP contribution in [0.5, 0.6) is 5.75 Å². The first-order chi connectivity index (χ1) is 22.0. The van der Waals surface area contributed by atoms with Crippen LogP contribution < -0.4 is 4.74 Å². The lowest BCUT2D eigenvalue weighted by Crippen LogP contribution is -2.23. The van der Waals surface area contributed by atoms with Crippen LogP contribution in [-0.4, -0.2) is 6.61 Å². The van der Waals surface area contributed by atoms with Gasteiger partial charge in [0.2, 0.25) is 5.82 Å². The molecule has 1 nitrogen and oxygen atoms in total. The highest BCUT2D eigenvalue weighted by Crippen LogP contribution is 2.42. The maximum absolute atomic E-state index is 15.4. The van der Waals surface area contributed by atoms with Crippen LogP contribution in [0.1, 0.15) is 102 Å². The van der Waals surface area contributed by atoms with Gasteiger partial charge in [0.15, 0.2) is 11.6 Å². The minimum Gasteiger partial charge on any atom is -0.490 e. The van der Waals surface area contributed by atoms with E-state index in [1.807, 2.05) is 30.3 Å². The Morgan fingerprint density at radius 1 is 0.756 bits per heavy atom. The number of halogens is 3. The summed E-state index contributed by atoms with van der Waals surface area (Å²) in [4.78, 5) is 0. The van der Waals surface area contributed by atoms with Crippen LogP contribution >= 0.6 is 0 Å². The van der Waals surface area contributed by atoms with Crippen LogP contribution in [0, 0.1) is 35.2 Å².